The van der Waals surface area contributed by atoms with Crippen molar-refractivity contribution in [3.63, 3.8) is 0 Å². The molecule has 13 heavy (non-hydrogen) atoms. The second-order valence-corrected chi connectivity index (χ2v) is 3.61. The molecule has 3 atom stereocenters. The van der Waals surface area contributed by atoms with Crippen LogP contribution < -0.4 is 0 Å². The van der Waals surface area contributed by atoms with E-state index in [1.165, 1.54) is 4.90 Å². The zero-order valence-electron chi connectivity index (χ0n) is 7.74. The third-order valence-electron chi connectivity index (χ3n) is 2.38. The topological polar surface area (TPSA) is 49.8 Å². The lowest BCUT2D eigenvalue weighted by atomic mass is 10.1. The van der Waals surface area contributed by atoms with Crippen molar-refractivity contribution in [2.75, 3.05) is 12.5 Å². The number of amides is 1. The predicted octanol–water partition coefficient (Wildman–Crippen LogP) is 1.38. The van der Waals surface area contributed by atoms with Crippen LogP contribution in [0.3, 0.4) is 0 Å². The Kier molecular flexibility index (Phi) is 3.39. The van der Waals surface area contributed by atoms with Crippen molar-refractivity contribution in [2.45, 2.75) is 32.0 Å². The van der Waals surface area contributed by atoms with Crippen LogP contribution in [0.5, 0.6) is 0 Å². The highest BCUT2D eigenvalue weighted by Gasteiger charge is 2.35. The van der Waals surface area contributed by atoms with Crippen molar-refractivity contribution in [2.24, 2.45) is 0 Å². The second kappa shape index (κ2) is 4.15. The van der Waals surface area contributed by atoms with Gasteiger partial charge in [-0.1, -0.05) is 0 Å². The standard InChI is InChI=1S/C8H14ClNO3/c1-5-4-13-7(3-9)6(2)10(5)8(11)12/h5-7H,3-4H2,1-2H3,(H,11,12)/t5-,6+,7?/m0/s1. The Morgan fingerprint density at radius 3 is 2.77 bits per heavy atom. The van der Waals surface area contributed by atoms with Gasteiger partial charge in [0.15, 0.2) is 0 Å². The lowest BCUT2D eigenvalue weighted by molar-refractivity contribution is -0.0712. The number of carbonyl (C=O) groups is 1. The summed E-state index contributed by atoms with van der Waals surface area (Å²) in [6, 6.07) is -0.259. The molecule has 0 aromatic rings. The molecule has 4 nitrogen and oxygen atoms in total. The van der Waals surface area contributed by atoms with Crippen molar-refractivity contribution in [1.82, 2.24) is 4.90 Å². The number of hydrogen-bond donors (Lipinski definition) is 1. The van der Waals surface area contributed by atoms with Crippen LogP contribution in [-0.2, 0) is 4.74 Å². The van der Waals surface area contributed by atoms with Crippen LogP contribution in [0.25, 0.3) is 0 Å². The Bertz CT molecular complexity index is 200. The van der Waals surface area contributed by atoms with E-state index < -0.39 is 6.09 Å². The molecule has 0 bridgehead atoms. The molecule has 0 aliphatic carbocycles. The smallest absolute Gasteiger partial charge is 0.407 e. The molecule has 0 aromatic heterocycles. The first kappa shape index (κ1) is 10.6. The van der Waals surface area contributed by atoms with Gasteiger partial charge in [0, 0.05) is 0 Å². The maximum Gasteiger partial charge on any atom is 0.407 e. The van der Waals surface area contributed by atoms with E-state index >= 15 is 0 Å². The van der Waals surface area contributed by atoms with Gasteiger partial charge in [0.2, 0.25) is 0 Å². The van der Waals surface area contributed by atoms with Crippen LogP contribution in [0.15, 0.2) is 0 Å². The summed E-state index contributed by atoms with van der Waals surface area (Å²) >= 11 is 5.65. The Balaban J connectivity index is 2.71. The van der Waals surface area contributed by atoms with E-state index in [0.717, 1.165) is 0 Å². The fraction of sp³-hybridized carbons (Fsp3) is 0.875. The van der Waals surface area contributed by atoms with Gasteiger partial charge in [-0.3, -0.25) is 4.90 Å². The summed E-state index contributed by atoms with van der Waals surface area (Å²) in [4.78, 5) is 12.3. The second-order valence-electron chi connectivity index (χ2n) is 3.31. The van der Waals surface area contributed by atoms with Crippen molar-refractivity contribution >= 4 is 17.7 Å². The van der Waals surface area contributed by atoms with Gasteiger partial charge in [0.25, 0.3) is 0 Å². The number of halogens is 1. The number of alkyl halides is 1. The van der Waals surface area contributed by atoms with Crippen LogP contribution in [0, 0.1) is 0 Å². The highest BCUT2D eigenvalue weighted by Crippen LogP contribution is 2.19. The van der Waals surface area contributed by atoms with Gasteiger partial charge in [0.05, 0.1) is 30.7 Å². The van der Waals surface area contributed by atoms with E-state index in [4.69, 9.17) is 21.4 Å². The van der Waals surface area contributed by atoms with E-state index in [-0.39, 0.29) is 18.2 Å². The molecular weight excluding hydrogens is 194 g/mol. The molecular formula is C8H14ClNO3. The van der Waals surface area contributed by atoms with Crippen LogP contribution >= 0.6 is 11.6 Å². The fourth-order valence-corrected chi connectivity index (χ4v) is 1.95. The van der Waals surface area contributed by atoms with Gasteiger partial charge >= 0.3 is 6.09 Å². The highest BCUT2D eigenvalue weighted by molar-refractivity contribution is 6.18. The molecule has 1 aliphatic heterocycles. The van der Waals surface area contributed by atoms with Gasteiger partial charge in [-0.2, -0.15) is 0 Å². The minimum Gasteiger partial charge on any atom is -0.465 e. The molecule has 1 rings (SSSR count). The summed E-state index contributed by atoms with van der Waals surface area (Å²) in [5, 5.41) is 8.92. The Morgan fingerprint density at radius 1 is 1.69 bits per heavy atom. The molecule has 1 saturated heterocycles. The average molecular weight is 208 g/mol. The van der Waals surface area contributed by atoms with Crippen molar-refractivity contribution in [1.29, 1.82) is 0 Å². The molecule has 1 fully saturated rings. The summed E-state index contributed by atoms with van der Waals surface area (Å²) in [5.41, 5.74) is 0. The maximum absolute atomic E-state index is 10.9. The zero-order valence-corrected chi connectivity index (χ0v) is 8.49. The third kappa shape index (κ3) is 2.06. The molecule has 1 heterocycles. The van der Waals surface area contributed by atoms with Crippen LogP contribution in [-0.4, -0.2) is 46.8 Å². The Labute approximate surface area is 82.4 Å². The lowest BCUT2D eigenvalue weighted by Crippen LogP contribution is -2.56. The SMILES string of the molecule is C[C@@H]1C(CCl)OC[C@H](C)N1C(=O)O. The van der Waals surface area contributed by atoms with Crippen molar-refractivity contribution in [3.05, 3.63) is 0 Å². The monoisotopic (exact) mass is 207 g/mol. The van der Waals surface area contributed by atoms with Crippen LogP contribution in [0.1, 0.15) is 13.8 Å². The third-order valence-corrected chi connectivity index (χ3v) is 2.68. The molecule has 1 unspecified atom stereocenters. The molecule has 0 spiro atoms. The zero-order chi connectivity index (χ0) is 10.0. The number of hydrogen-bond acceptors (Lipinski definition) is 2. The summed E-state index contributed by atoms with van der Waals surface area (Å²) < 4.78 is 5.40. The van der Waals surface area contributed by atoms with E-state index in [1.54, 1.807) is 0 Å². The first-order valence-electron chi connectivity index (χ1n) is 4.26. The lowest BCUT2D eigenvalue weighted by Gasteiger charge is -2.41. The number of rotatable bonds is 1. The quantitative estimate of drug-likeness (QED) is 0.661. The number of nitrogens with zero attached hydrogens (tertiary/aromatic N) is 1. The van der Waals surface area contributed by atoms with Crippen LogP contribution in [0.2, 0.25) is 0 Å². The first-order valence-corrected chi connectivity index (χ1v) is 4.80. The average Bonchev–Trinajstić information content (AvgIpc) is 2.04. The summed E-state index contributed by atoms with van der Waals surface area (Å²) in [5.74, 6) is 0.331. The molecule has 0 radical (unpaired) electrons. The maximum atomic E-state index is 10.9. The van der Waals surface area contributed by atoms with Crippen molar-refractivity contribution < 1.29 is 14.6 Å². The molecule has 1 amide bonds. The summed E-state index contributed by atoms with van der Waals surface area (Å²) in [7, 11) is 0. The fourth-order valence-electron chi connectivity index (χ4n) is 1.60. The van der Waals surface area contributed by atoms with Gasteiger partial charge in [0.1, 0.15) is 0 Å². The Morgan fingerprint density at radius 2 is 2.31 bits per heavy atom. The first-order chi connectivity index (χ1) is 6.07. The van der Waals surface area contributed by atoms with Gasteiger partial charge in [-0.05, 0) is 13.8 Å². The minimum atomic E-state index is -0.904. The van der Waals surface area contributed by atoms with Crippen molar-refractivity contribution in [3.8, 4) is 0 Å². The molecule has 0 aromatic carbocycles. The number of carboxylic acid groups (broad SMARTS) is 1. The molecule has 76 valence electrons. The largest absolute Gasteiger partial charge is 0.465 e. The number of morpholine rings is 1. The number of ether oxygens (including phenoxy) is 1. The Hall–Kier alpha value is -0.480. The normalized spacial score (nSPS) is 34.7. The molecule has 0 saturated carbocycles. The molecule has 5 heteroatoms. The molecule has 1 N–H and O–H groups in total. The van der Waals surface area contributed by atoms with E-state index in [1.807, 2.05) is 13.8 Å². The van der Waals surface area contributed by atoms with Crippen LogP contribution in [0.4, 0.5) is 4.79 Å². The molecule has 1 aliphatic rings. The van der Waals surface area contributed by atoms with Gasteiger partial charge in [-0.25, -0.2) is 4.79 Å². The summed E-state index contributed by atoms with van der Waals surface area (Å²) in [6.07, 6.45) is -1.09. The minimum absolute atomic E-state index is 0.0908. The van der Waals surface area contributed by atoms with E-state index in [0.29, 0.717) is 12.5 Å². The van der Waals surface area contributed by atoms with E-state index in [2.05, 4.69) is 0 Å². The summed E-state index contributed by atoms with van der Waals surface area (Å²) in [6.45, 7) is 4.07. The van der Waals surface area contributed by atoms with Gasteiger partial charge in [-0.15, -0.1) is 11.6 Å². The van der Waals surface area contributed by atoms with E-state index in [9.17, 15) is 4.79 Å². The highest BCUT2D eigenvalue weighted by atomic mass is 35.5. The predicted molar refractivity (Wildman–Crippen MR) is 49.2 cm³/mol. The van der Waals surface area contributed by atoms with Gasteiger partial charge < -0.3 is 9.84 Å².